The van der Waals surface area contributed by atoms with E-state index >= 15 is 0 Å². The molecule has 2 aromatic carbocycles. The molecule has 27 heavy (non-hydrogen) atoms. The van der Waals surface area contributed by atoms with Gasteiger partial charge in [-0.1, -0.05) is 62.4 Å². The van der Waals surface area contributed by atoms with Crippen LogP contribution in [0.2, 0.25) is 0 Å². The van der Waals surface area contributed by atoms with Crippen LogP contribution in [0, 0.1) is 18.3 Å². The normalized spacial score (nSPS) is 10.5. The van der Waals surface area contributed by atoms with Gasteiger partial charge in [0, 0.05) is 6.42 Å². The third-order valence-electron chi connectivity index (χ3n) is 4.98. The van der Waals surface area contributed by atoms with E-state index in [1.807, 2.05) is 24.3 Å². The third-order valence-corrected chi connectivity index (χ3v) is 4.98. The van der Waals surface area contributed by atoms with Crippen molar-refractivity contribution in [2.75, 3.05) is 0 Å². The second-order valence-corrected chi connectivity index (χ2v) is 7.21. The molecule has 0 radical (unpaired) electrons. The first kappa shape index (κ1) is 20.7. The first-order valence-electron chi connectivity index (χ1n) is 9.92. The maximum absolute atomic E-state index is 10.5. The van der Waals surface area contributed by atoms with Gasteiger partial charge in [0.25, 0.3) is 0 Å². The number of hydrogen-bond donors (Lipinski definition) is 1. The van der Waals surface area contributed by atoms with E-state index in [-0.39, 0.29) is 0 Å². The minimum Gasteiger partial charge on any atom is -0.481 e. The van der Waals surface area contributed by atoms with Crippen LogP contribution in [-0.2, 0) is 11.2 Å². The first-order chi connectivity index (χ1) is 13.1. The highest BCUT2D eigenvalue weighted by molar-refractivity contribution is 5.68. The zero-order valence-electron chi connectivity index (χ0n) is 16.2. The van der Waals surface area contributed by atoms with Gasteiger partial charge in [-0.2, -0.15) is 5.26 Å². The molecule has 0 atom stereocenters. The Morgan fingerprint density at radius 2 is 1.56 bits per heavy atom. The Morgan fingerprint density at radius 3 is 2.19 bits per heavy atom. The van der Waals surface area contributed by atoms with Gasteiger partial charge in [-0.25, -0.2) is 0 Å². The van der Waals surface area contributed by atoms with E-state index in [2.05, 4.69) is 31.2 Å². The van der Waals surface area contributed by atoms with Gasteiger partial charge in [0.15, 0.2) is 0 Å². The number of carboxylic acids is 1. The molecular formula is C24H29NO2. The van der Waals surface area contributed by atoms with E-state index in [9.17, 15) is 4.79 Å². The molecule has 2 rings (SSSR count). The highest BCUT2D eigenvalue weighted by Crippen LogP contribution is 2.26. The van der Waals surface area contributed by atoms with E-state index in [0.29, 0.717) is 12.0 Å². The van der Waals surface area contributed by atoms with Gasteiger partial charge in [0.1, 0.15) is 0 Å². The summed E-state index contributed by atoms with van der Waals surface area (Å²) in [5, 5.41) is 17.6. The van der Waals surface area contributed by atoms with E-state index in [4.69, 9.17) is 10.4 Å². The standard InChI is InChI=1S/C24H29NO2/c1-19-11-12-20(9-7-5-3-2-4-6-8-10-24(26)27)17-23(19)22-15-13-21(18-25)14-16-22/h11-17H,2-10H2,1H3,(H,26,27). The largest absolute Gasteiger partial charge is 0.481 e. The molecule has 0 aliphatic heterocycles. The molecule has 0 aromatic heterocycles. The van der Waals surface area contributed by atoms with Crippen molar-refractivity contribution in [3.63, 3.8) is 0 Å². The fourth-order valence-electron chi connectivity index (χ4n) is 3.35. The van der Waals surface area contributed by atoms with Crippen molar-refractivity contribution in [2.45, 2.75) is 64.7 Å². The number of aryl methyl sites for hydroxylation is 2. The molecule has 0 saturated heterocycles. The van der Waals surface area contributed by atoms with Gasteiger partial charge >= 0.3 is 5.97 Å². The number of rotatable bonds is 11. The molecule has 1 N–H and O–H groups in total. The quantitative estimate of drug-likeness (QED) is 0.478. The van der Waals surface area contributed by atoms with Gasteiger partial charge in [-0.05, 0) is 60.6 Å². The van der Waals surface area contributed by atoms with Gasteiger partial charge in [0.05, 0.1) is 11.6 Å². The van der Waals surface area contributed by atoms with Gasteiger partial charge in [-0.15, -0.1) is 0 Å². The molecule has 0 fully saturated rings. The number of nitriles is 1. The van der Waals surface area contributed by atoms with Crippen LogP contribution in [0.25, 0.3) is 11.1 Å². The molecule has 2 aromatic rings. The SMILES string of the molecule is Cc1ccc(CCCCCCCCCC(=O)O)cc1-c1ccc(C#N)cc1. The average molecular weight is 364 g/mol. The average Bonchev–Trinajstić information content (AvgIpc) is 2.67. The lowest BCUT2D eigenvalue weighted by Gasteiger charge is -2.10. The van der Waals surface area contributed by atoms with Crippen LogP contribution in [-0.4, -0.2) is 11.1 Å². The molecule has 0 heterocycles. The highest BCUT2D eigenvalue weighted by Gasteiger charge is 2.04. The van der Waals surface area contributed by atoms with Crippen molar-refractivity contribution in [1.29, 1.82) is 5.26 Å². The molecule has 0 bridgehead atoms. The van der Waals surface area contributed by atoms with Crippen molar-refractivity contribution in [2.24, 2.45) is 0 Å². The molecule has 0 spiro atoms. The third kappa shape index (κ3) is 7.27. The lowest BCUT2D eigenvalue weighted by atomic mass is 9.95. The zero-order chi connectivity index (χ0) is 19.5. The Balaban J connectivity index is 1.76. The Bertz CT molecular complexity index is 772. The minimum absolute atomic E-state index is 0.301. The summed E-state index contributed by atoms with van der Waals surface area (Å²) in [5.41, 5.74) is 5.71. The second-order valence-electron chi connectivity index (χ2n) is 7.21. The number of benzene rings is 2. The summed E-state index contributed by atoms with van der Waals surface area (Å²) in [5.74, 6) is -0.687. The topological polar surface area (TPSA) is 61.1 Å². The van der Waals surface area contributed by atoms with Crippen LogP contribution in [0.3, 0.4) is 0 Å². The fourth-order valence-corrected chi connectivity index (χ4v) is 3.35. The molecule has 3 nitrogen and oxygen atoms in total. The smallest absolute Gasteiger partial charge is 0.303 e. The molecule has 0 aliphatic carbocycles. The monoisotopic (exact) mass is 363 g/mol. The Kier molecular flexibility index (Phi) is 8.58. The molecule has 142 valence electrons. The summed E-state index contributed by atoms with van der Waals surface area (Å²) in [6.45, 7) is 2.13. The van der Waals surface area contributed by atoms with Gasteiger partial charge in [-0.3, -0.25) is 4.79 Å². The minimum atomic E-state index is -0.687. The summed E-state index contributed by atoms with van der Waals surface area (Å²) in [7, 11) is 0. The van der Waals surface area contributed by atoms with E-state index in [0.717, 1.165) is 31.2 Å². The molecule has 0 saturated carbocycles. The van der Waals surface area contributed by atoms with Crippen LogP contribution >= 0.6 is 0 Å². The van der Waals surface area contributed by atoms with Gasteiger partial charge in [0.2, 0.25) is 0 Å². The van der Waals surface area contributed by atoms with Gasteiger partial charge < -0.3 is 5.11 Å². The summed E-state index contributed by atoms with van der Waals surface area (Å²) < 4.78 is 0. The molecule has 0 aliphatic rings. The predicted octanol–water partition coefficient (Wildman–Crippen LogP) is 6.28. The van der Waals surface area contributed by atoms with E-state index in [1.165, 1.54) is 42.4 Å². The van der Waals surface area contributed by atoms with E-state index < -0.39 is 5.97 Å². The maximum Gasteiger partial charge on any atom is 0.303 e. The number of carbonyl (C=O) groups is 1. The molecule has 0 amide bonds. The van der Waals surface area contributed by atoms with Crippen LogP contribution in [0.15, 0.2) is 42.5 Å². The summed E-state index contributed by atoms with van der Waals surface area (Å²) >= 11 is 0. The zero-order valence-corrected chi connectivity index (χ0v) is 16.2. The number of aliphatic carboxylic acids is 1. The Hall–Kier alpha value is -2.60. The first-order valence-corrected chi connectivity index (χ1v) is 9.92. The number of unbranched alkanes of at least 4 members (excludes halogenated alkanes) is 6. The van der Waals surface area contributed by atoms with Crippen LogP contribution < -0.4 is 0 Å². The van der Waals surface area contributed by atoms with Crippen molar-refractivity contribution in [3.8, 4) is 17.2 Å². The highest BCUT2D eigenvalue weighted by atomic mass is 16.4. The lowest BCUT2D eigenvalue weighted by molar-refractivity contribution is -0.137. The van der Waals surface area contributed by atoms with Crippen LogP contribution in [0.5, 0.6) is 0 Å². The summed E-state index contributed by atoms with van der Waals surface area (Å²) in [6, 6.07) is 16.6. The van der Waals surface area contributed by atoms with Crippen molar-refractivity contribution in [1.82, 2.24) is 0 Å². The molecule has 0 unspecified atom stereocenters. The fraction of sp³-hybridized carbons (Fsp3) is 0.417. The number of carboxylic acid groups (broad SMARTS) is 1. The summed E-state index contributed by atoms with van der Waals surface area (Å²) in [6.07, 6.45) is 9.18. The van der Waals surface area contributed by atoms with Crippen molar-refractivity contribution < 1.29 is 9.90 Å². The molecular weight excluding hydrogens is 334 g/mol. The Morgan fingerprint density at radius 1 is 0.926 bits per heavy atom. The predicted molar refractivity (Wildman–Crippen MR) is 110 cm³/mol. The maximum atomic E-state index is 10.5. The number of hydrogen-bond acceptors (Lipinski definition) is 2. The van der Waals surface area contributed by atoms with Crippen LogP contribution in [0.4, 0.5) is 0 Å². The van der Waals surface area contributed by atoms with Crippen molar-refractivity contribution >= 4 is 5.97 Å². The summed E-state index contributed by atoms with van der Waals surface area (Å²) in [4.78, 5) is 10.5. The van der Waals surface area contributed by atoms with Crippen LogP contribution in [0.1, 0.15) is 68.1 Å². The molecule has 3 heteroatoms. The lowest BCUT2D eigenvalue weighted by Crippen LogP contribution is -1.93. The Labute approximate surface area is 162 Å². The number of nitrogens with zero attached hydrogens (tertiary/aromatic N) is 1. The van der Waals surface area contributed by atoms with Crippen molar-refractivity contribution in [3.05, 3.63) is 59.2 Å². The van der Waals surface area contributed by atoms with E-state index in [1.54, 1.807) is 0 Å². The second kappa shape index (κ2) is 11.2.